The van der Waals surface area contributed by atoms with Crippen molar-refractivity contribution in [2.75, 3.05) is 19.0 Å². The van der Waals surface area contributed by atoms with Gasteiger partial charge in [-0.1, -0.05) is 19.9 Å². The van der Waals surface area contributed by atoms with Crippen LogP contribution in [0.2, 0.25) is 0 Å². The molecular formula is C15H21NO4. The molecule has 0 atom stereocenters. The van der Waals surface area contributed by atoms with Gasteiger partial charge in [0.05, 0.1) is 20.1 Å². The number of benzene rings is 1. The molecule has 1 N–H and O–H groups in total. The SMILES string of the molecule is COC(=O)CCC(=O)Nc1cccc(OCC(C)C)c1. The molecule has 0 fully saturated rings. The molecule has 0 bridgehead atoms. The fourth-order valence-electron chi connectivity index (χ4n) is 1.47. The van der Waals surface area contributed by atoms with Gasteiger partial charge in [0.2, 0.25) is 5.91 Å². The number of esters is 1. The fraction of sp³-hybridized carbons (Fsp3) is 0.467. The standard InChI is InChI=1S/C15H21NO4/c1-11(2)10-20-13-6-4-5-12(9-13)16-14(17)7-8-15(18)19-3/h4-6,9,11H,7-8,10H2,1-3H3,(H,16,17). The first-order valence-electron chi connectivity index (χ1n) is 6.60. The maximum Gasteiger partial charge on any atom is 0.306 e. The van der Waals surface area contributed by atoms with E-state index < -0.39 is 5.97 Å². The molecule has 5 nitrogen and oxygen atoms in total. The Morgan fingerprint density at radius 1 is 1.25 bits per heavy atom. The van der Waals surface area contributed by atoms with Crippen molar-refractivity contribution in [3.8, 4) is 5.75 Å². The van der Waals surface area contributed by atoms with E-state index in [0.717, 1.165) is 0 Å². The lowest BCUT2D eigenvalue weighted by atomic mass is 10.2. The first-order chi connectivity index (χ1) is 9.51. The summed E-state index contributed by atoms with van der Waals surface area (Å²) < 4.78 is 10.1. The van der Waals surface area contributed by atoms with E-state index in [1.807, 2.05) is 12.1 Å². The van der Waals surface area contributed by atoms with Gasteiger partial charge in [0.15, 0.2) is 0 Å². The number of methoxy groups -OCH3 is 1. The predicted molar refractivity (Wildman–Crippen MR) is 76.7 cm³/mol. The van der Waals surface area contributed by atoms with Crippen molar-refractivity contribution in [2.45, 2.75) is 26.7 Å². The van der Waals surface area contributed by atoms with E-state index in [4.69, 9.17) is 4.74 Å². The van der Waals surface area contributed by atoms with Crippen molar-refractivity contribution in [1.29, 1.82) is 0 Å². The summed E-state index contributed by atoms with van der Waals surface area (Å²) in [4.78, 5) is 22.6. The Kier molecular flexibility index (Phi) is 6.56. The molecule has 0 spiro atoms. The fourth-order valence-corrected chi connectivity index (χ4v) is 1.47. The second kappa shape index (κ2) is 8.19. The molecular weight excluding hydrogens is 258 g/mol. The molecule has 0 aliphatic heterocycles. The Labute approximate surface area is 119 Å². The minimum atomic E-state index is -0.394. The van der Waals surface area contributed by atoms with Crippen LogP contribution in [-0.4, -0.2) is 25.6 Å². The van der Waals surface area contributed by atoms with E-state index in [0.29, 0.717) is 24.0 Å². The molecule has 0 saturated carbocycles. The highest BCUT2D eigenvalue weighted by molar-refractivity contribution is 5.92. The van der Waals surface area contributed by atoms with E-state index in [9.17, 15) is 9.59 Å². The number of carbonyl (C=O) groups is 2. The maximum absolute atomic E-state index is 11.7. The van der Waals surface area contributed by atoms with Gasteiger partial charge in [-0.15, -0.1) is 0 Å². The number of amides is 1. The van der Waals surface area contributed by atoms with Crippen LogP contribution in [0, 0.1) is 5.92 Å². The number of carbonyl (C=O) groups excluding carboxylic acids is 2. The molecule has 1 amide bonds. The Morgan fingerprint density at radius 2 is 2.00 bits per heavy atom. The number of anilines is 1. The molecule has 0 aromatic heterocycles. The lowest BCUT2D eigenvalue weighted by molar-refractivity contribution is -0.141. The smallest absolute Gasteiger partial charge is 0.306 e. The summed E-state index contributed by atoms with van der Waals surface area (Å²) >= 11 is 0. The van der Waals surface area contributed by atoms with E-state index in [-0.39, 0.29) is 18.7 Å². The predicted octanol–water partition coefficient (Wildman–Crippen LogP) is 2.61. The summed E-state index contributed by atoms with van der Waals surface area (Å²) in [6.45, 7) is 4.76. The molecule has 5 heteroatoms. The van der Waals surface area contributed by atoms with Gasteiger partial charge in [0, 0.05) is 18.2 Å². The molecule has 1 aromatic carbocycles. The average Bonchev–Trinajstić information content (AvgIpc) is 2.43. The van der Waals surface area contributed by atoms with E-state index in [1.54, 1.807) is 12.1 Å². The van der Waals surface area contributed by atoms with Crippen LogP contribution < -0.4 is 10.1 Å². The van der Waals surface area contributed by atoms with E-state index in [1.165, 1.54) is 7.11 Å². The summed E-state index contributed by atoms with van der Waals surface area (Å²) in [6.07, 6.45) is 0.176. The zero-order valence-corrected chi connectivity index (χ0v) is 12.1. The van der Waals surface area contributed by atoms with Gasteiger partial charge in [-0.25, -0.2) is 0 Å². The number of hydrogen-bond acceptors (Lipinski definition) is 4. The molecule has 1 rings (SSSR count). The summed E-state index contributed by atoms with van der Waals surface area (Å²) in [7, 11) is 1.30. The van der Waals surface area contributed by atoms with Gasteiger partial charge in [0.25, 0.3) is 0 Å². The second-order valence-corrected chi connectivity index (χ2v) is 4.86. The van der Waals surface area contributed by atoms with Gasteiger partial charge in [-0.3, -0.25) is 9.59 Å². The van der Waals surface area contributed by atoms with Crippen molar-refractivity contribution < 1.29 is 19.1 Å². The van der Waals surface area contributed by atoms with Crippen LogP contribution in [0.25, 0.3) is 0 Å². The van der Waals surface area contributed by atoms with Crippen molar-refractivity contribution in [1.82, 2.24) is 0 Å². The van der Waals surface area contributed by atoms with Crippen LogP contribution in [0.3, 0.4) is 0 Å². The Balaban J connectivity index is 2.48. The monoisotopic (exact) mass is 279 g/mol. The first kappa shape index (κ1) is 16.0. The Hall–Kier alpha value is -2.04. The van der Waals surface area contributed by atoms with Gasteiger partial charge in [-0.2, -0.15) is 0 Å². The number of rotatable bonds is 7. The van der Waals surface area contributed by atoms with Crippen molar-refractivity contribution >= 4 is 17.6 Å². The molecule has 0 saturated heterocycles. The summed E-state index contributed by atoms with van der Waals surface area (Å²) in [5, 5.41) is 2.72. The summed E-state index contributed by atoms with van der Waals surface area (Å²) in [6, 6.07) is 7.19. The second-order valence-electron chi connectivity index (χ2n) is 4.86. The van der Waals surface area contributed by atoms with Crippen LogP contribution in [0.5, 0.6) is 5.75 Å². The van der Waals surface area contributed by atoms with Crippen molar-refractivity contribution in [3.63, 3.8) is 0 Å². The molecule has 20 heavy (non-hydrogen) atoms. The lowest BCUT2D eigenvalue weighted by Gasteiger charge is -2.10. The van der Waals surface area contributed by atoms with Gasteiger partial charge >= 0.3 is 5.97 Å². The van der Waals surface area contributed by atoms with Crippen LogP contribution >= 0.6 is 0 Å². The molecule has 0 aliphatic rings. The van der Waals surface area contributed by atoms with Crippen molar-refractivity contribution in [3.05, 3.63) is 24.3 Å². The zero-order chi connectivity index (χ0) is 15.0. The van der Waals surface area contributed by atoms with Gasteiger partial charge in [0.1, 0.15) is 5.75 Å². The summed E-state index contributed by atoms with van der Waals surface area (Å²) in [5.74, 6) is 0.531. The number of nitrogens with one attached hydrogen (secondary N) is 1. The normalized spacial score (nSPS) is 10.2. The Morgan fingerprint density at radius 3 is 2.65 bits per heavy atom. The topological polar surface area (TPSA) is 64.6 Å². The molecule has 0 unspecified atom stereocenters. The molecule has 0 aliphatic carbocycles. The third-order valence-electron chi connectivity index (χ3n) is 2.48. The third kappa shape index (κ3) is 6.22. The quantitative estimate of drug-likeness (QED) is 0.779. The minimum Gasteiger partial charge on any atom is -0.493 e. The highest BCUT2D eigenvalue weighted by atomic mass is 16.5. The average molecular weight is 279 g/mol. The first-order valence-corrected chi connectivity index (χ1v) is 6.60. The highest BCUT2D eigenvalue weighted by Crippen LogP contribution is 2.18. The Bertz CT molecular complexity index is 457. The van der Waals surface area contributed by atoms with Crippen LogP contribution in [0.1, 0.15) is 26.7 Å². The molecule has 0 radical (unpaired) electrons. The molecule has 110 valence electrons. The van der Waals surface area contributed by atoms with E-state index in [2.05, 4.69) is 23.9 Å². The van der Waals surface area contributed by atoms with Gasteiger partial charge < -0.3 is 14.8 Å². The van der Waals surface area contributed by atoms with Crippen molar-refractivity contribution in [2.24, 2.45) is 5.92 Å². The summed E-state index contributed by atoms with van der Waals surface area (Å²) in [5.41, 5.74) is 0.654. The zero-order valence-electron chi connectivity index (χ0n) is 12.1. The molecule has 0 heterocycles. The van der Waals surface area contributed by atoms with Gasteiger partial charge in [-0.05, 0) is 18.1 Å². The largest absolute Gasteiger partial charge is 0.493 e. The van der Waals surface area contributed by atoms with Crippen LogP contribution in [0.4, 0.5) is 5.69 Å². The van der Waals surface area contributed by atoms with Crippen LogP contribution in [0.15, 0.2) is 24.3 Å². The number of ether oxygens (including phenoxy) is 2. The minimum absolute atomic E-state index is 0.0753. The molecule has 1 aromatic rings. The number of hydrogen-bond donors (Lipinski definition) is 1. The highest BCUT2D eigenvalue weighted by Gasteiger charge is 2.07. The lowest BCUT2D eigenvalue weighted by Crippen LogP contribution is -2.14. The third-order valence-corrected chi connectivity index (χ3v) is 2.48. The maximum atomic E-state index is 11.7. The van der Waals surface area contributed by atoms with E-state index >= 15 is 0 Å². The van der Waals surface area contributed by atoms with Crippen LogP contribution in [-0.2, 0) is 14.3 Å².